The van der Waals surface area contributed by atoms with Gasteiger partial charge in [-0.3, -0.25) is 0 Å². The number of benzene rings is 1. The highest BCUT2D eigenvalue weighted by molar-refractivity contribution is 5.59. The van der Waals surface area contributed by atoms with E-state index in [1.54, 1.807) is 0 Å². The smallest absolute Gasteiger partial charge is 0.228 e. The van der Waals surface area contributed by atoms with Crippen molar-refractivity contribution in [2.45, 2.75) is 46.1 Å². The van der Waals surface area contributed by atoms with Crippen molar-refractivity contribution in [2.24, 2.45) is 0 Å². The molecule has 0 atom stereocenters. The molecule has 0 unspecified atom stereocenters. The third kappa shape index (κ3) is 3.00. The SMILES string of the molecule is [C-]#[N+]c1cc(C(C)(C)C)ccc1OC(C)C. The van der Waals surface area contributed by atoms with Gasteiger partial charge in [-0.05, 0) is 31.4 Å². The van der Waals surface area contributed by atoms with E-state index in [4.69, 9.17) is 11.3 Å². The molecule has 2 nitrogen and oxygen atoms in total. The molecular formula is C14H19NO. The Balaban J connectivity index is 3.13. The van der Waals surface area contributed by atoms with E-state index < -0.39 is 0 Å². The average Bonchev–Trinajstić information content (AvgIpc) is 2.15. The molecule has 0 aromatic heterocycles. The molecule has 1 aromatic carbocycles. The Kier molecular flexibility index (Phi) is 3.59. The first kappa shape index (κ1) is 12.6. The predicted molar refractivity (Wildman–Crippen MR) is 67.2 cm³/mol. The molecule has 0 saturated carbocycles. The molecule has 0 amide bonds. The Bertz CT molecular complexity index is 408. The zero-order chi connectivity index (χ0) is 12.3. The minimum atomic E-state index is 0.0653. The zero-order valence-corrected chi connectivity index (χ0v) is 10.7. The lowest BCUT2D eigenvalue weighted by Crippen LogP contribution is -2.11. The van der Waals surface area contributed by atoms with E-state index >= 15 is 0 Å². The van der Waals surface area contributed by atoms with Crippen molar-refractivity contribution in [3.8, 4) is 5.75 Å². The Hall–Kier alpha value is -1.49. The van der Waals surface area contributed by atoms with Crippen molar-refractivity contribution in [3.05, 3.63) is 35.2 Å². The third-order valence-electron chi connectivity index (χ3n) is 2.31. The highest BCUT2D eigenvalue weighted by Gasteiger charge is 2.16. The number of nitrogens with zero attached hydrogens (tertiary/aromatic N) is 1. The highest BCUT2D eigenvalue weighted by Crippen LogP contribution is 2.33. The van der Waals surface area contributed by atoms with Gasteiger partial charge in [0.25, 0.3) is 0 Å². The molecule has 1 aromatic rings. The summed E-state index contributed by atoms with van der Waals surface area (Å²) in [6.07, 6.45) is 0.0981. The highest BCUT2D eigenvalue weighted by atomic mass is 16.5. The van der Waals surface area contributed by atoms with Gasteiger partial charge in [0.15, 0.2) is 0 Å². The number of hydrogen-bond donors (Lipinski definition) is 0. The Labute approximate surface area is 98.1 Å². The molecule has 0 saturated heterocycles. The molecule has 0 aliphatic heterocycles. The van der Waals surface area contributed by atoms with E-state index in [1.807, 2.05) is 32.0 Å². The van der Waals surface area contributed by atoms with Crippen molar-refractivity contribution in [2.75, 3.05) is 0 Å². The maximum Gasteiger partial charge on any atom is 0.228 e. The van der Waals surface area contributed by atoms with E-state index in [9.17, 15) is 0 Å². The normalized spacial score (nSPS) is 11.3. The summed E-state index contributed by atoms with van der Waals surface area (Å²) in [7, 11) is 0. The monoisotopic (exact) mass is 217 g/mol. The number of rotatable bonds is 2. The van der Waals surface area contributed by atoms with Gasteiger partial charge in [-0.1, -0.05) is 32.4 Å². The fourth-order valence-electron chi connectivity index (χ4n) is 1.42. The van der Waals surface area contributed by atoms with Crippen LogP contribution >= 0.6 is 0 Å². The van der Waals surface area contributed by atoms with Gasteiger partial charge in [-0.25, -0.2) is 4.85 Å². The first-order valence-corrected chi connectivity index (χ1v) is 5.53. The van der Waals surface area contributed by atoms with Gasteiger partial charge in [0, 0.05) is 0 Å². The van der Waals surface area contributed by atoms with Crippen molar-refractivity contribution >= 4 is 5.69 Å². The maximum absolute atomic E-state index is 7.18. The molecule has 0 fully saturated rings. The van der Waals surface area contributed by atoms with Crippen LogP contribution in [-0.4, -0.2) is 6.10 Å². The summed E-state index contributed by atoms with van der Waals surface area (Å²) in [6.45, 7) is 17.5. The summed E-state index contributed by atoms with van der Waals surface area (Å²) in [6, 6.07) is 5.85. The zero-order valence-electron chi connectivity index (χ0n) is 10.7. The van der Waals surface area contributed by atoms with E-state index in [2.05, 4.69) is 25.6 Å². The van der Waals surface area contributed by atoms with E-state index in [-0.39, 0.29) is 11.5 Å². The summed E-state index contributed by atoms with van der Waals surface area (Å²) < 4.78 is 5.59. The van der Waals surface area contributed by atoms with Crippen LogP contribution in [0.5, 0.6) is 5.75 Å². The average molecular weight is 217 g/mol. The third-order valence-corrected chi connectivity index (χ3v) is 2.31. The lowest BCUT2D eigenvalue weighted by molar-refractivity contribution is 0.244. The van der Waals surface area contributed by atoms with Gasteiger partial charge >= 0.3 is 0 Å². The van der Waals surface area contributed by atoms with Crippen molar-refractivity contribution in [3.63, 3.8) is 0 Å². The molecule has 0 aliphatic carbocycles. The molecule has 0 aliphatic rings. The predicted octanol–water partition coefficient (Wildman–Crippen LogP) is 4.32. The van der Waals surface area contributed by atoms with Gasteiger partial charge in [0.05, 0.1) is 12.7 Å². The Morgan fingerprint density at radius 3 is 2.31 bits per heavy atom. The molecule has 86 valence electrons. The lowest BCUT2D eigenvalue weighted by Gasteiger charge is -2.20. The molecule has 0 spiro atoms. The van der Waals surface area contributed by atoms with E-state index in [0.717, 1.165) is 5.56 Å². The van der Waals surface area contributed by atoms with Crippen molar-refractivity contribution in [1.82, 2.24) is 0 Å². The molecule has 0 radical (unpaired) electrons. The summed E-state index contributed by atoms with van der Waals surface area (Å²) in [5.74, 6) is 0.679. The van der Waals surface area contributed by atoms with E-state index in [0.29, 0.717) is 11.4 Å². The summed E-state index contributed by atoms with van der Waals surface area (Å²) >= 11 is 0. The standard InChI is InChI=1S/C14H19NO/c1-10(2)16-13-8-7-11(14(3,4)5)9-12(13)15-6/h7-10H,1-5H3. The number of hydrogen-bond acceptors (Lipinski definition) is 1. The first-order chi connectivity index (χ1) is 7.34. The quantitative estimate of drug-likeness (QED) is 0.672. The van der Waals surface area contributed by atoms with Crippen LogP contribution in [0.15, 0.2) is 18.2 Å². The second-order valence-corrected chi connectivity index (χ2v) is 5.21. The molecule has 16 heavy (non-hydrogen) atoms. The summed E-state index contributed by atoms with van der Waals surface area (Å²) in [5.41, 5.74) is 1.83. The maximum atomic E-state index is 7.18. The Morgan fingerprint density at radius 1 is 1.25 bits per heavy atom. The minimum Gasteiger partial charge on any atom is -0.502 e. The molecule has 0 N–H and O–H groups in total. The van der Waals surface area contributed by atoms with Gasteiger partial charge < -0.3 is 4.74 Å². The van der Waals surface area contributed by atoms with Gasteiger partial charge in [-0.2, -0.15) is 0 Å². The van der Waals surface area contributed by atoms with Crippen LogP contribution in [-0.2, 0) is 5.41 Å². The van der Waals surface area contributed by atoms with Crippen molar-refractivity contribution in [1.29, 1.82) is 0 Å². The van der Waals surface area contributed by atoms with Crippen LogP contribution in [0.25, 0.3) is 4.85 Å². The topological polar surface area (TPSA) is 13.6 Å². The Morgan fingerprint density at radius 2 is 1.88 bits per heavy atom. The van der Waals surface area contributed by atoms with Crippen LogP contribution in [0.4, 0.5) is 5.69 Å². The second kappa shape index (κ2) is 4.57. The minimum absolute atomic E-state index is 0.0653. The van der Waals surface area contributed by atoms with E-state index in [1.165, 1.54) is 0 Å². The molecular weight excluding hydrogens is 198 g/mol. The molecule has 0 bridgehead atoms. The summed E-state index contributed by atoms with van der Waals surface area (Å²) in [5, 5.41) is 0. The first-order valence-electron chi connectivity index (χ1n) is 5.53. The summed E-state index contributed by atoms with van der Waals surface area (Å²) in [4.78, 5) is 3.52. The van der Waals surface area contributed by atoms with Gasteiger partial charge in [-0.15, -0.1) is 0 Å². The van der Waals surface area contributed by atoms with Gasteiger partial charge in [0.1, 0.15) is 5.75 Å². The lowest BCUT2D eigenvalue weighted by atomic mass is 9.87. The molecule has 0 heterocycles. The van der Waals surface area contributed by atoms with Crippen LogP contribution in [0.2, 0.25) is 0 Å². The molecule has 1 rings (SSSR count). The van der Waals surface area contributed by atoms with Crippen LogP contribution in [0, 0.1) is 6.57 Å². The molecule has 2 heteroatoms. The fraction of sp³-hybridized carbons (Fsp3) is 0.500. The second-order valence-electron chi connectivity index (χ2n) is 5.21. The van der Waals surface area contributed by atoms with Crippen LogP contribution < -0.4 is 4.74 Å². The van der Waals surface area contributed by atoms with Crippen LogP contribution in [0.3, 0.4) is 0 Å². The number of ether oxygens (including phenoxy) is 1. The largest absolute Gasteiger partial charge is 0.502 e. The van der Waals surface area contributed by atoms with Gasteiger partial charge in [0.2, 0.25) is 5.69 Å². The van der Waals surface area contributed by atoms with Crippen LogP contribution in [0.1, 0.15) is 40.2 Å². The fourth-order valence-corrected chi connectivity index (χ4v) is 1.42. The van der Waals surface area contributed by atoms with Crippen molar-refractivity contribution < 1.29 is 4.74 Å².